The van der Waals surface area contributed by atoms with E-state index in [4.69, 9.17) is 4.74 Å². The zero-order valence-corrected chi connectivity index (χ0v) is 63.2. The molecule has 0 radical (unpaired) electrons. The standard InChI is InChI=1S/C69H121N11O15S/c1-26-28-31-44(13)57(82)56-61(86)72-47(27-2)63(88)78(22)52(38-96-33-30-29-32-53(81)95-25)66(91)77(21)51(37-69(16,17)94)60(85)73-54(42(9)10)67(92)74(18)48(34-39(3)4)59(84)70-45(14)58(83)71-46(15)62(87)75(19)49(35-40(5)6)64(89)76(20)50(36-41(7)8)65(90)79(23)55(43(11)12)68(93)80(56)24/h26,28,35,39,41-52,54-57,82,94H,27,29-34,36-38H2,1-25H3,(H,70,84)(H,71,83)(H,72,86)(H,73,85)/b28-26+/t44-,45-,46+,47+,48-,49+,50+,51+,52+,54-,55+,56+,57-/m1/s1. The number of unbranched alkanes of at least 4 members (excludes halogenated alkanes) is 1. The molecule has 27 heteroatoms. The van der Waals surface area contributed by atoms with Crippen LogP contribution in [0, 0.1) is 29.6 Å². The monoisotopic (exact) mass is 1380 g/mol. The smallest absolute Gasteiger partial charge is 0.305 e. The van der Waals surface area contributed by atoms with Crippen LogP contribution >= 0.6 is 11.8 Å². The van der Waals surface area contributed by atoms with Gasteiger partial charge >= 0.3 is 5.97 Å². The minimum absolute atomic E-state index is 0.0652. The van der Waals surface area contributed by atoms with Crippen LogP contribution in [0.25, 0.3) is 0 Å². The van der Waals surface area contributed by atoms with Crippen molar-refractivity contribution in [3.63, 3.8) is 0 Å². The van der Waals surface area contributed by atoms with Gasteiger partial charge in [-0.2, -0.15) is 11.8 Å². The van der Waals surface area contributed by atoms with Gasteiger partial charge in [0.25, 0.3) is 0 Å². The van der Waals surface area contributed by atoms with E-state index < -0.39 is 167 Å². The highest BCUT2D eigenvalue weighted by Gasteiger charge is 2.46. The van der Waals surface area contributed by atoms with E-state index in [2.05, 4.69) is 21.3 Å². The van der Waals surface area contributed by atoms with Gasteiger partial charge < -0.3 is 70.5 Å². The molecule has 1 aliphatic rings. The Kier molecular flexibility index (Phi) is 36.7. The normalized spacial score (nSPS) is 25.9. The number of hydrogen-bond donors (Lipinski definition) is 6. The second kappa shape index (κ2) is 40.3. The van der Waals surface area contributed by atoms with Crippen molar-refractivity contribution in [3.05, 3.63) is 23.8 Å². The first-order valence-electron chi connectivity index (χ1n) is 33.8. The lowest BCUT2D eigenvalue weighted by Gasteiger charge is -2.41. The van der Waals surface area contributed by atoms with Gasteiger partial charge in [-0.25, -0.2) is 0 Å². The van der Waals surface area contributed by atoms with Crippen LogP contribution in [0.15, 0.2) is 23.8 Å². The van der Waals surface area contributed by atoms with Crippen molar-refractivity contribution < 1.29 is 72.5 Å². The first-order valence-corrected chi connectivity index (χ1v) is 34.9. The number of thioether (sulfide) groups is 1. The highest BCUT2D eigenvalue weighted by Crippen LogP contribution is 2.27. The highest BCUT2D eigenvalue weighted by atomic mass is 32.2. The Labute approximate surface area is 576 Å². The van der Waals surface area contributed by atoms with Gasteiger partial charge in [-0.1, -0.05) is 93.0 Å². The molecule has 1 heterocycles. The van der Waals surface area contributed by atoms with Gasteiger partial charge in [-0.3, -0.25) is 57.5 Å². The van der Waals surface area contributed by atoms with Gasteiger partial charge in [0.2, 0.25) is 65.0 Å². The van der Waals surface area contributed by atoms with Crippen LogP contribution in [-0.4, -0.2) is 262 Å². The van der Waals surface area contributed by atoms with Crippen LogP contribution in [0.2, 0.25) is 0 Å². The molecule has 26 nitrogen and oxygen atoms in total. The summed E-state index contributed by atoms with van der Waals surface area (Å²) in [5.74, 6) is -10.8. The fourth-order valence-corrected chi connectivity index (χ4v) is 12.7. The van der Waals surface area contributed by atoms with Crippen LogP contribution < -0.4 is 21.3 Å². The minimum Gasteiger partial charge on any atom is -0.469 e. The first-order chi connectivity index (χ1) is 44.4. The molecule has 0 aliphatic carbocycles. The Balaban J connectivity index is 4.58. The summed E-state index contributed by atoms with van der Waals surface area (Å²) in [7, 11) is 10.9. The molecule has 0 unspecified atom stereocenters. The quantitative estimate of drug-likeness (QED) is 0.0542. The van der Waals surface area contributed by atoms with Crippen molar-refractivity contribution >= 4 is 82.7 Å². The number of nitrogens with zero attached hydrogens (tertiary/aromatic N) is 7. The van der Waals surface area contributed by atoms with Crippen LogP contribution in [0.1, 0.15) is 169 Å². The summed E-state index contributed by atoms with van der Waals surface area (Å²) < 4.78 is 4.80. The Morgan fingerprint density at radius 2 is 1.08 bits per heavy atom. The van der Waals surface area contributed by atoms with E-state index in [0.717, 1.165) is 19.6 Å². The van der Waals surface area contributed by atoms with Crippen LogP contribution in [0.5, 0.6) is 0 Å². The number of rotatable bonds is 21. The van der Waals surface area contributed by atoms with E-state index in [-0.39, 0.29) is 56.1 Å². The number of carbonyl (C=O) groups excluding carboxylic acids is 12. The molecular formula is C69H121N11O15S. The third kappa shape index (κ3) is 25.7. The highest BCUT2D eigenvalue weighted by molar-refractivity contribution is 7.99. The molecule has 0 aromatic heterocycles. The summed E-state index contributed by atoms with van der Waals surface area (Å²) in [6.07, 6.45) is 4.64. The van der Waals surface area contributed by atoms with Crippen molar-refractivity contribution in [3.8, 4) is 0 Å². The number of allylic oxidation sites excluding steroid dienone is 3. The molecule has 6 N–H and O–H groups in total. The van der Waals surface area contributed by atoms with Crippen molar-refractivity contribution in [2.24, 2.45) is 29.6 Å². The second-order valence-corrected chi connectivity index (χ2v) is 29.5. The molecule has 0 aromatic carbocycles. The van der Waals surface area contributed by atoms with Crippen LogP contribution in [-0.2, 0) is 62.3 Å². The van der Waals surface area contributed by atoms with Gasteiger partial charge in [0, 0.05) is 67.9 Å². The second-order valence-electron chi connectivity index (χ2n) is 28.3. The lowest BCUT2D eigenvalue weighted by molar-refractivity contribution is -0.157. The number of aliphatic hydroxyl groups excluding tert-OH is 1. The summed E-state index contributed by atoms with van der Waals surface area (Å²) in [5, 5.41) is 34.6. The summed E-state index contributed by atoms with van der Waals surface area (Å²) >= 11 is 1.28. The number of ether oxygens (including phenoxy) is 1. The molecule has 1 fully saturated rings. The number of methoxy groups -OCH3 is 1. The van der Waals surface area contributed by atoms with Crippen molar-refractivity contribution in [2.75, 3.05) is 67.9 Å². The maximum Gasteiger partial charge on any atom is 0.305 e. The average Bonchev–Trinajstić information content (AvgIpc) is 0.852. The number of carbonyl (C=O) groups is 12. The van der Waals surface area contributed by atoms with E-state index in [1.54, 1.807) is 80.5 Å². The molecule has 0 bridgehead atoms. The van der Waals surface area contributed by atoms with E-state index in [9.17, 15) is 39.0 Å². The maximum atomic E-state index is 15.4. The average molecular weight is 1380 g/mol. The molecule has 13 atom stereocenters. The largest absolute Gasteiger partial charge is 0.469 e. The summed E-state index contributed by atoms with van der Waals surface area (Å²) in [5.41, 5.74) is -0.986. The minimum atomic E-state index is -1.69. The predicted molar refractivity (Wildman–Crippen MR) is 372 cm³/mol. The SMILES string of the molecule is C/C=C/C[C@@H](C)[C@@H](O)[C@H]1C(=O)N[C@@H](CC)C(=O)N(C)[C@@H](CSCCCCC(=O)OC)C(=O)N(C)[C@@H](CC(C)(C)O)C(=O)N[C@H](C(C)C)C(=O)N(C)[C@H](CC(C)C)C(=O)N[C@H](C)C(=O)N[C@@H](C)C(=O)N(C)[C@@H](C=C(C)C)C(=O)N(C)[C@@H](CC(C)C)C(=O)N(C)[C@@H](C(C)C)C(=O)N1C. The Morgan fingerprint density at radius 3 is 1.58 bits per heavy atom. The topological polar surface area (TPSA) is 325 Å². The third-order valence-electron chi connectivity index (χ3n) is 17.5. The van der Waals surface area contributed by atoms with Gasteiger partial charge in [0.05, 0.1) is 18.8 Å². The van der Waals surface area contributed by atoms with E-state index in [1.165, 1.54) is 111 Å². The zero-order valence-electron chi connectivity index (χ0n) is 62.4. The molecule has 1 rings (SSSR count). The van der Waals surface area contributed by atoms with Gasteiger partial charge in [0.15, 0.2) is 0 Å². The number of esters is 1. The molecular weight excluding hydrogens is 1250 g/mol. The first kappa shape index (κ1) is 87.4. The third-order valence-corrected chi connectivity index (χ3v) is 18.6. The predicted octanol–water partition coefficient (Wildman–Crippen LogP) is 3.75. The van der Waals surface area contributed by atoms with E-state index in [0.29, 0.717) is 24.2 Å². The summed E-state index contributed by atoms with van der Waals surface area (Å²) in [6, 6.07) is -15.0. The summed E-state index contributed by atoms with van der Waals surface area (Å²) in [4.78, 5) is 184. The van der Waals surface area contributed by atoms with Gasteiger partial charge in [-0.05, 0) is 122 Å². The molecule has 1 aliphatic heterocycles. The lowest BCUT2D eigenvalue weighted by Crippen LogP contribution is -2.64. The molecule has 548 valence electrons. The number of amides is 11. The van der Waals surface area contributed by atoms with Crippen molar-refractivity contribution in [2.45, 2.75) is 247 Å². The van der Waals surface area contributed by atoms with Gasteiger partial charge in [0.1, 0.15) is 66.5 Å². The molecule has 96 heavy (non-hydrogen) atoms. The number of hydrogen-bond acceptors (Lipinski definition) is 16. The summed E-state index contributed by atoms with van der Waals surface area (Å²) in [6.45, 7) is 28.3. The lowest BCUT2D eigenvalue weighted by atomic mass is 9.91. The van der Waals surface area contributed by atoms with Crippen LogP contribution in [0.4, 0.5) is 0 Å². The molecule has 1 saturated heterocycles. The Bertz CT molecular complexity index is 2710. The zero-order chi connectivity index (χ0) is 74.3. The van der Waals surface area contributed by atoms with Crippen molar-refractivity contribution in [1.82, 2.24) is 55.6 Å². The van der Waals surface area contributed by atoms with E-state index in [1.807, 2.05) is 27.7 Å². The van der Waals surface area contributed by atoms with Gasteiger partial charge in [-0.15, -0.1) is 0 Å². The van der Waals surface area contributed by atoms with E-state index >= 15 is 28.8 Å². The van der Waals surface area contributed by atoms with Crippen LogP contribution in [0.3, 0.4) is 0 Å². The van der Waals surface area contributed by atoms with Crippen molar-refractivity contribution in [1.29, 1.82) is 0 Å². The Morgan fingerprint density at radius 1 is 0.583 bits per heavy atom. The molecule has 0 saturated carbocycles. The fourth-order valence-electron chi connectivity index (χ4n) is 11.5. The number of nitrogens with one attached hydrogen (secondary N) is 4. The molecule has 11 amide bonds. The fraction of sp³-hybridized carbons (Fsp3) is 0.768. The number of likely N-dealkylation sites (N-methyl/N-ethyl adjacent to an activating group) is 7. The maximum absolute atomic E-state index is 15.4. The molecule has 0 spiro atoms. The molecule has 0 aromatic rings. The number of aliphatic hydroxyl groups is 2. The Hall–Kier alpha value is -6.61.